The summed E-state index contributed by atoms with van der Waals surface area (Å²) in [5.74, 6) is 1.22. The van der Waals surface area contributed by atoms with Gasteiger partial charge in [-0.15, -0.1) is 0 Å². The minimum Gasteiger partial charge on any atom is -0.497 e. The van der Waals surface area contributed by atoms with E-state index in [1.165, 1.54) is 0 Å². The van der Waals surface area contributed by atoms with Gasteiger partial charge in [0.15, 0.2) is 0 Å². The van der Waals surface area contributed by atoms with E-state index in [9.17, 15) is 4.79 Å². The highest BCUT2D eigenvalue weighted by atomic mass is 16.5. The first-order valence-electron chi connectivity index (χ1n) is 8.04. The SMILES string of the molecule is COc1ccc(C(NC(=O)c2ccc(C#N)cc2)c2nccn2C)cc1. The van der Waals surface area contributed by atoms with Crippen LogP contribution < -0.4 is 10.1 Å². The molecule has 0 fully saturated rings. The molecule has 0 radical (unpaired) electrons. The van der Waals surface area contributed by atoms with Gasteiger partial charge in [0.05, 0.1) is 18.7 Å². The zero-order valence-corrected chi connectivity index (χ0v) is 14.5. The van der Waals surface area contributed by atoms with Crippen LogP contribution >= 0.6 is 0 Å². The molecule has 1 atom stereocenters. The van der Waals surface area contributed by atoms with Gasteiger partial charge < -0.3 is 14.6 Å². The monoisotopic (exact) mass is 346 g/mol. The lowest BCUT2D eigenvalue weighted by Crippen LogP contribution is -2.31. The summed E-state index contributed by atoms with van der Waals surface area (Å²) in [4.78, 5) is 17.1. The van der Waals surface area contributed by atoms with E-state index in [1.54, 1.807) is 37.6 Å². The maximum Gasteiger partial charge on any atom is 0.252 e. The summed E-state index contributed by atoms with van der Waals surface area (Å²) < 4.78 is 7.07. The molecule has 0 saturated carbocycles. The summed E-state index contributed by atoms with van der Waals surface area (Å²) in [7, 11) is 3.49. The van der Waals surface area contributed by atoms with Crippen LogP contribution in [0.3, 0.4) is 0 Å². The van der Waals surface area contributed by atoms with Crippen LogP contribution in [0.4, 0.5) is 0 Å². The van der Waals surface area contributed by atoms with E-state index in [0.29, 0.717) is 11.1 Å². The second kappa shape index (κ2) is 7.53. The van der Waals surface area contributed by atoms with Crippen molar-refractivity contribution in [3.8, 4) is 11.8 Å². The molecular weight excluding hydrogens is 328 g/mol. The molecule has 1 N–H and O–H groups in total. The minimum atomic E-state index is -0.413. The maximum absolute atomic E-state index is 12.7. The molecule has 0 bridgehead atoms. The number of hydrogen-bond acceptors (Lipinski definition) is 4. The first-order chi connectivity index (χ1) is 12.6. The van der Waals surface area contributed by atoms with E-state index >= 15 is 0 Å². The Morgan fingerprint density at radius 3 is 2.42 bits per heavy atom. The molecule has 26 heavy (non-hydrogen) atoms. The Morgan fingerprint density at radius 1 is 1.19 bits per heavy atom. The third-order valence-electron chi connectivity index (χ3n) is 4.12. The first-order valence-corrected chi connectivity index (χ1v) is 8.04. The van der Waals surface area contributed by atoms with Gasteiger partial charge >= 0.3 is 0 Å². The van der Waals surface area contributed by atoms with Crippen LogP contribution in [0.15, 0.2) is 60.9 Å². The van der Waals surface area contributed by atoms with E-state index in [1.807, 2.05) is 48.1 Å². The van der Waals surface area contributed by atoms with Gasteiger partial charge in [0.1, 0.15) is 17.6 Å². The molecule has 130 valence electrons. The number of aryl methyl sites for hydroxylation is 1. The number of carbonyl (C=O) groups excluding carboxylic acids is 1. The smallest absolute Gasteiger partial charge is 0.252 e. The summed E-state index contributed by atoms with van der Waals surface area (Å²) in [6, 6.07) is 15.6. The summed E-state index contributed by atoms with van der Waals surface area (Å²) in [6.07, 6.45) is 3.53. The van der Waals surface area contributed by atoms with E-state index < -0.39 is 6.04 Å². The number of methoxy groups -OCH3 is 1. The van der Waals surface area contributed by atoms with Gasteiger partial charge in [0.25, 0.3) is 5.91 Å². The van der Waals surface area contributed by atoms with Crippen molar-refractivity contribution in [1.82, 2.24) is 14.9 Å². The standard InChI is InChI=1S/C20H18N4O2/c1-24-12-11-22-19(24)18(15-7-9-17(26-2)10-8-15)23-20(25)16-5-3-14(13-21)4-6-16/h3-12,18H,1-2H3,(H,23,25). The number of amides is 1. The first kappa shape index (κ1) is 17.2. The van der Waals surface area contributed by atoms with Gasteiger partial charge in [0, 0.05) is 25.0 Å². The van der Waals surface area contributed by atoms with Crippen LogP contribution in [0.1, 0.15) is 33.4 Å². The van der Waals surface area contributed by atoms with Gasteiger partial charge in [0.2, 0.25) is 0 Å². The lowest BCUT2D eigenvalue weighted by molar-refractivity contribution is 0.0941. The van der Waals surface area contributed by atoms with Crippen molar-refractivity contribution in [2.75, 3.05) is 7.11 Å². The number of benzene rings is 2. The summed E-state index contributed by atoms with van der Waals surface area (Å²) in [5.41, 5.74) is 1.89. The zero-order valence-electron chi connectivity index (χ0n) is 14.5. The molecule has 1 heterocycles. The lowest BCUT2D eigenvalue weighted by Gasteiger charge is -2.19. The third-order valence-corrected chi connectivity index (χ3v) is 4.12. The fourth-order valence-electron chi connectivity index (χ4n) is 2.66. The number of nitrogens with zero attached hydrogens (tertiary/aromatic N) is 3. The highest BCUT2D eigenvalue weighted by Crippen LogP contribution is 2.23. The van der Waals surface area contributed by atoms with Crippen LogP contribution in [0.25, 0.3) is 0 Å². The number of imidazole rings is 1. The molecule has 6 nitrogen and oxygen atoms in total. The number of ether oxygens (including phenoxy) is 1. The predicted molar refractivity (Wildman–Crippen MR) is 96.7 cm³/mol. The van der Waals surface area contributed by atoms with Crippen molar-refractivity contribution in [3.63, 3.8) is 0 Å². The second-order valence-electron chi connectivity index (χ2n) is 5.77. The molecule has 2 aromatic carbocycles. The number of hydrogen-bond donors (Lipinski definition) is 1. The Labute approximate surface area is 151 Å². The van der Waals surface area contributed by atoms with Crippen molar-refractivity contribution in [3.05, 3.63) is 83.4 Å². The van der Waals surface area contributed by atoms with Crippen LogP contribution in [0.5, 0.6) is 5.75 Å². The molecule has 3 aromatic rings. The lowest BCUT2D eigenvalue weighted by atomic mass is 10.0. The summed E-state index contributed by atoms with van der Waals surface area (Å²) in [5, 5.41) is 11.9. The number of rotatable bonds is 5. The van der Waals surface area contributed by atoms with Crippen molar-refractivity contribution < 1.29 is 9.53 Å². The Balaban J connectivity index is 1.91. The number of nitriles is 1. The number of nitrogens with one attached hydrogen (secondary N) is 1. The molecule has 0 spiro atoms. The van der Waals surface area contributed by atoms with Gasteiger partial charge in [-0.2, -0.15) is 5.26 Å². The highest BCUT2D eigenvalue weighted by molar-refractivity contribution is 5.94. The quantitative estimate of drug-likeness (QED) is 0.770. The minimum absolute atomic E-state index is 0.238. The average molecular weight is 346 g/mol. The Kier molecular flexibility index (Phi) is 4.99. The van der Waals surface area contributed by atoms with Crippen LogP contribution in [0.2, 0.25) is 0 Å². The zero-order chi connectivity index (χ0) is 18.5. The molecule has 0 aliphatic heterocycles. The average Bonchev–Trinajstić information content (AvgIpc) is 3.11. The molecule has 0 aliphatic rings. The Bertz CT molecular complexity index is 937. The van der Waals surface area contributed by atoms with Gasteiger partial charge in [-0.25, -0.2) is 4.98 Å². The normalized spacial score (nSPS) is 11.4. The number of aromatic nitrogens is 2. The van der Waals surface area contributed by atoms with E-state index in [4.69, 9.17) is 10.00 Å². The predicted octanol–water partition coefficient (Wildman–Crippen LogP) is 2.82. The van der Waals surface area contributed by atoms with Crippen molar-refractivity contribution in [2.24, 2.45) is 7.05 Å². The molecule has 1 unspecified atom stereocenters. The van der Waals surface area contributed by atoms with Crippen molar-refractivity contribution in [2.45, 2.75) is 6.04 Å². The van der Waals surface area contributed by atoms with E-state index in [-0.39, 0.29) is 5.91 Å². The third kappa shape index (κ3) is 3.57. The van der Waals surface area contributed by atoms with Gasteiger partial charge in [-0.05, 0) is 42.0 Å². The molecule has 6 heteroatoms. The molecular formula is C20H18N4O2. The summed E-state index contributed by atoms with van der Waals surface area (Å²) >= 11 is 0. The topological polar surface area (TPSA) is 79.9 Å². The number of carbonyl (C=O) groups is 1. The van der Waals surface area contributed by atoms with Crippen LogP contribution in [0, 0.1) is 11.3 Å². The molecule has 1 aromatic heterocycles. The molecule has 0 aliphatic carbocycles. The highest BCUT2D eigenvalue weighted by Gasteiger charge is 2.21. The van der Waals surface area contributed by atoms with Gasteiger partial charge in [-0.1, -0.05) is 12.1 Å². The fraction of sp³-hybridized carbons (Fsp3) is 0.150. The molecule has 3 rings (SSSR count). The van der Waals surface area contributed by atoms with Gasteiger partial charge in [-0.3, -0.25) is 4.79 Å². The Hall–Kier alpha value is -3.59. The fourth-order valence-corrected chi connectivity index (χ4v) is 2.66. The largest absolute Gasteiger partial charge is 0.497 e. The van der Waals surface area contributed by atoms with Crippen molar-refractivity contribution >= 4 is 5.91 Å². The van der Waals surface area contributed by atoms with E-state index in [2.05, 4.69) is 10.3 Å². The summed E-state index contributed by atoms with van der Waals surface area (Å²) in [6.45, 7) is 0. The molecule has 1 amide bonds. The second-order valence-corrected chi connectivity index (χ2v) is 5.77. The van der Waals surface area contributed by atoms with Crippen LogP contribution in [-0.2, 0) is 7.05 Å². The maximum atomic E-state index is 12.7. The van der Waals surface area contributed by atoms with Crippen LogP contribution in [-0.4, -0.2) is 22.6 Å². The molecule has 0 saturated heterocycles. The van der Waals surface area contributed by atoms with E-state index in [0.717, 1.165) is 17.1 Å². The Morgan fingerprint density at radius 2 is 1.88 bits per heavy atom. The van der Waals surface area contributed by atoms with Crippen molar-refractivity contribution in [1.29, 1.82) is 5.26 Å².